The lowest BCUT2D eigenvalue weighted by Crippen LogP contribution is -2.47. The van der Waals surface area contributed by atoms with Crippen LogP contribution in [0, 0.1) is 11.7 Å². The number of amides is 4. The minimum absolute atomic E-state index is 0.238. The number of esters is 1. The molecule has 0 saturated carbocycles. The predicted octanol–water partition coefficient (Wildman–Crippen LogP) is 1.39. The number of urea groups is 1. The number of nitrogens with one attached hydrogen (secondary N) is 1. The Labute approximate surface area is 168 Å². The number of hydrogen-bond acceptors (Lipinski definition) is 5. The maximum Gasteiger partial charge on any atom is 0.325 e. The largest absolute Gasteiger partial charge is 0.466 e. The van der Waals surface area contributed by atoms with Crippen LogP contribution in [0.4, 0.5) is 9.18 Å². The molecule has 2 fully saturated rings. The third-order valence-electron chi connectivity index (χ3n) is 5.46. The van der Waals surface area contributed by atoms with Crippen molar-refractivity contribution in [2.24, 2.45) is 5.92 Å². The standard InChI is InChI=1S/C20H24FN3O5/c1-3-29-17(26)13-8-10-23(11-9-13)16(25)12-24-18(27)20(2,22-19(24)28)14-4-6-15(21)7-5-14/h4-7,13H,3,8-12H2,1-2H3,(H,22,28). The number of carbonyl (C=O) groups is 4. The van der Waals surface area contributed by atoms with Gasteiger partial charge < -0.3 is 15.0 Å². The summed E-state index contributed by atoms with van der Waals surface area (Å²) in [7, 11) is 0. The first-order valence-corrected chi connectivity index (χ1v) is 9.60. The van der Waals surface area contributed by atoms with Gasteiger partial charge in [0.2, 0.25) is 5.91 Å². The van der Waals surface area contributed by atoms with Crippen LogP contribution in [0.25, 0.3) is 0 Å². The number of halogens is 1. The Morgan fingerprint density at radius 1 is 1.21 bits per heavy atom. The summed E-state index contributed by atoms with van der Waals surface area (Å²) in [6, 6.07) is 4.61. The van der Waals surface area contributed by atoms with Crippen molar-refractivity contribution in [3.8, 4) is 0 Å². The van der Waals surface area contributed by atoms with Crippen LogP contribution in [0.3, 0.4) is 0 Å². The minimum Gasteiger partial charge on any atom is -0.466 e. The molecule has 3 rings (SSSR count). The van der Waals surface area contributed by atoms with Crippen molar-refractivity contribution in [2.75, 3.05) is 26.2 Å². The van der Waals surface area contributed by atoms with E-state index in [9.17, 15) is 23.6 Å². The predicted molar refractivity (Wildman–Crippen MR) is 99.9 cm³/mol. The number of benzene rings is 1. The molecule has 1 atom stereocenters. The third-order valence-corrected chi connectivity index (χ3v) is 5.46. The van der Waals surface area contributed by atoms with Crippen molar-refractivity contribution >= 4 is 23.8 Å². The summed E-state index contributed by atoms with van der Waals surface area (Å²) in [5.74, 6) is -1.88. The van der Waals surface area contributed by atoms with Gasteiger partial charge in [0.15, 0.2) is 0 Å². The Balaban J connectivity index is 1.62. The SMILES string of the molecule is CCOC(=O)C1CCN(C(=O)CN2C(=O)NC(C)(c3ccc(F)cc3)C2=O)CC1. The molecule has 2 heterocycles. The number of hydrogen-bond donors (Lipinski definition) is 1. The van der Waals surface area contributed by atoms with Crippen LogP contribution in [-0.4, -0.2) is 59.9 Å². The lowest BCUT2D eigenvalue weighted by Gasteiger charge is -2.31. The van der Waals surface area contributed by atoms with Gasteiger partial charge in [0, 0.05) is 13.1 Å². The van der Waals surface area contributed by atoms with Crippen molar-refractivity contribution < 1.29 is 28.3 Å². The molecular weight excluding hydrogens is 381 g/mol. The Morgan fingerprint density at radius 2 is 1.83 bits per heavy atom. The summed E-state index contributed by atoms with van der Waals surface area (Å²) in [6.45, 7) is 3.93. The van der Waals surface area contributed by atoms with E-state index in [1.807, 2.05) is 0 Å². The van der Waals surface area contributed by atoms with Crippen LogP contribution in [0.15, 0.2) is 24.3 Å². The number of imide groups is 1. The van der Waals surface area contributed by atoms with Gasteiger partial charge in [-0.25, -0.2) is 9.18 Å². The summed E-state index contributed by atoms with van der Waals surface area (Å²) in [4.78, 5) is 52.1. The van der Waals surface area contributed by atoms with Gasteiger partial charge in [-0.15, -0.1) is 0 Å². The molecule has 0 aromatic heterocycles. The monoisotopic (exact) mass is 405 g/mol. The van der Waals surface area contributed by atoms with E-state index in [2.05, 4.69) is 5.32 Å². The van der Waals surface area contributed by atoms with E-state index in [0.29, 0.717) is 38.1 Å². The summed E-state index contributed by atoms with van der Waals surface area (Å²) >= 11 is 0. The van der Waals surface area contributed by atoms with E-state index in [-0.39, 0.29) is 24.3 Å². The first-order valence-electron chi connectivity index (χ1n) is 9.60. The second-order valence-corrected chi connectivity index (χ2v) is 7.36. The van der Waals surface area contributed by atoms with E-state index in [1.54, 1.807) is 11.8 Å². The average molecular weight is 405 g/mol. The van der Waals surface area contributed by atoms with Gasteiger partial charge in [-0.05, 0) is 44.4 Å². The minimum atomic E-state index is -1.36. The van der Waals surface area contributed by atoms with Gasteiger partial charge in [0.25, 0.3) is 5.91 Å². The molecule has 1 N–H and O–H groups in total. The second kappa shape index (κ2) is 8.18. The topological polar surface area (TPSA) is 96.0 Å². The van der Waals surface area contributed by atoms with Crippen molar-refractivity contribution in [1.29, 1.82) is 0 Å². The highest BCUT2D eigenvalue weighted by molar-refractivity contribution is 6.09. The molecular formula is C20H24FN3O5. The fraction of sp³-hybridized carbons (Fsp3) is 0.500. The zero-order chi connectivity index (χ0) is 21.2. The van der Waals surface area contributed by atoms with E-state index >= 15 is 0 Å². The van der Waals surface area contributed by atoms with Crippen LogP contribution in [0.5, 0.6) is 0 Å². The molecule has 29 heavy (non-hydrogen) atoms. The second-order valence-electron chi connectivity index (χ2n) is 7.36. The molecule has 0 bridgehead atoms. The van der Waals surface area contributed by atoms with E-state index in [0.717, 1.165) is 4.90 Å². The summed E-state index contributed by atoms with van der Waals surface area (Å²) in [6.07, 6.45) is 0.968. The number of nitrogens with zero attached hydrogens (tertiary/aromatic N) is 2. The molecule has 1 aromatic carbocycles. The van der Waals surface area contributed by atoms with Gasteiger partial charge in [-0.1, -0.05) is 12.1 Å². The normalized spacial score (nSPS) is 22.6. The number of piperidine rings is 1. The number of rotatable bonds is 5. The number of carbonyl (C=O) groups excluding carboxylic acids is 4. The van der Waals surface area contributed by atoms with Gasteiger partial charge >= 0.3 is 12.0 Å². The van der Waals surface area contributed by atoms with E-state index in [1.165, 1.54) is 31.2 Å². The van der Waals surface area contributed by atoms with Crippen LogP contribution < -0.4 is 5.32 Å². The highest BCUT2D eigenvalue weighted by Crippen LogP contribution is 2.29. The number of ether oxygens (including phenoxy) is 1. The Morgan fingerprint density at radius 3 is 2.41 bits per heavy atom. The lowest BCUT2D eigenvalue weighted by atomic mass is 9.92. The van der Waals surface area contributed by atoms with Gasteiger partial charge in [-0.2, -0.15) is 0 Å². The van der Waals surface area contributed by atoms with Crippen molar-refractivity contribution in [3.63, 3.8) is 0 Å². The molecule has 8 nitrogen and oxygen atoms in total. The fourth-order valence-electron chi connectivity index (χ4n) is 3.68. The van der Waals surface area contributed by atoms with Crippen molar-refractivity contribution in [1.82, 2.24) is 15.1 Å². The van der Waals surface area contributed by atoms with E-state index in [4.69, 9.17) is 4.74 Å². The quantitative estimate of drug-likeness (QED) is 0.590. The molecule has 4 amide bonds. The molecule has 0 spiro atoms. The van der Waals surface area contributed by atoms with Gasteiger partial charge in [0.05, 0.1) is 12.5 Å². The molecule has 1 unspecified atom stereocenters. The summed E-state index contributed by atoms with van der Waals surface area (Å²) in [5.41, 5.74) is -0.926. The van der Waals surface area contributed by atoms with Crippen LogP contribution in [0.1, 0.15) is 32.3 Å². The van der Waals surface area contributed by atoms with Crippen LogP contribution >= 0.6 is 0 Å². The van der Waals surface area contributed by atoms with Gasteiger partial charge in [0.1, 0.15) is 17.9 Å². The Kier molecular flexibility index (Phi) is 5.86. The molecule has 156 valence electrons. The maximum absolute atomic E-state index is 13.2. The molecule has 0 aliphatic carbocycles. The van der Waals surface area contributed by atoms with Crippen LogP contribution in [-0.2, 0) is 24.7 Å². The van der Waals surface area contributed by atoms with Crippen LogP contribution in [0.2, 0.25) is 0 Å². The Hall–Kier alpha value is -2.97. The zero-order valence-corrected chi connectivity index (χ0v) is 16.4. The first-order chi connectivity index (χ1) is 13.8. The smallest absolute Gasteiger partial charge is 0.325 e. The zero-order valence-electron chi connectivity index (χ0n) is 16.4. The van der Waals surface area contributed by atoms with Gasteiger partial charge in [-0.3, -0.25) is 19.3 Å². The molecule has 0 radical (unpaired) electrons. The molecule has 2 aliphatic rings. The third kappa shape index (κ3) is 4.08. The first kappa shape index (κ1) is 20.8. The molecule has 1 aromatic rings. The maximum atomic E-state index is 13.2. The molecule has 2 saturated heterocycles. The summed E-state index contributed by atoms with van der Waals surface area (Å²) in [5, 5.41) is 2.59. The molecule has 9 heteroatoms. The fourth-order valence-corrected chi connectivity index (χ4v) is 3.68. The highest BCUT2D eigenvalue weighted by atomic mass is 19.1. The lowest BCUT2D eigenvalue weighted by molar-refractivity contribution is -0.151. The average Bonchev–Trinajstić information content (AvgIpc) is 2.92. The van der Waals surface area contributed by atoms with Crippen molar-refractivity contribution in [3.05, 3.63) is 35.6 Å². The van der Waals surface area contributed by atoms with Crippen molar-refractivity contribution in [2.45, 2.75) is 32.2 Å². The highest BCUT2D eigenvalue weighted by Gasteiger charge is 2.49. The van der Waals surface area contributed by atoms with E-state index < -0.39 is 23.3 Å². The summed E-state index contributed by atoms with van der Waals surface area (Å²) < 4.78 is 18.2. The number of likely N-dealkylation sites (tertiary alicyclic amines) is 1. The molecule has 2 aliphatic heterocycles. The Bertz CT molecular complexity index is 820.